The maximum atomic E-state index is 6.20. The van der Waals surface area contributed by atoms with Crippen molar-refractivity contribution in [1.82, 2.24) is 14.6 Å². The van der Waals surface area contributed by atoms with Crippen LogP contribution in [0.4, 0.5) is 0 Å². The number of hydrogen-bond donors (Lipinski definition) is 1. The molecular formula is C11H14N4S. The predicted molar refractivity (Wildman–Crippen MR) is 64.3 cm³/mol. The number of nitrogens with zero attached hydrogens (tertiary/aromatic N) is 3. The van der Waals surface area contributed by atoms with Crippen molar-refractivity contribution < 1.29 is 0 Å². The van der Waals surface area contributed by atoms with E-state index in [4.69, 9.17) is 5.73 Å². The quantitative estimate of drug-likeness (QED) is 0.880. The zero-order chi connectivity index (χ0) is 11.5. The Hall–Kier alpha value is -1.33. The van der Waals surface area contributed by atoms with E-state index in [1.54, 1.807) is 6.20 Å². The summed E-state index contributed by atoms with van der Waals surface area (Å²) in [5, 5.41) is 4.07. The summed E-state index contributed by atoms with van der Waals surface area (Å²) in [6.45, 7) is 4.07. The summed E-state index contributed by atoms with van der Waals surface area (Å²) in [7, 11) is 0. The van der Waals surface area contributed by atoms with E-state index in [-0.39, 0.29) is 6.04 Å². The van der Waals surface area contributed by atoms with Crippen LogP contribution in [0.25, 0.3) is 0 Å². The van der Waals surface area contributed by atoms with Gasteiger partial charge in [-0.2, -0.15) is 0 Å². The Morgan fingerprint density at radius 2 is 2.25 bits per heavy atom. The zero-order valence-corrected chi connectivity index (χ0v) is 10.2. The molecule has 2 aromatic rings. The largest absolute Gasteiger partial charge is 0.319 e. The van der Waals surface area contributed by atoms with E-state index in [0.29, 0.717) is 0 Å². The Bertz CT molecular complexity index is 480. The molecule has 2 heterocycles. The fourth-order valence-electron chi connectivity index (χ4n) is 1.60. The van der Waals surface area contributed by atoms with E-state index >= 15 is 0 Å². The molecule has 0 radical (unpaired) electrons. The van der Waals surface area contributed by atoms with Crippen LogP contribution in [-0.4, -0.2) is 14.6 Å². The molecule has 0 aliphatic rings. The van der Waals surface area contributed by atoms with Crippen LogP contribution in [0.3, 0.4) is 0 Å². The molecule has 0 saturated heterocycles. The minimum atomic E-state index is -0.164. The van der Waals surface area contributed by atoms with E-state index in [0.717, 1.165) is 28.1 Å². The lowest BCUT2D eigenvalue weighted by atomic mass is 10.1. The first-order valence-electron chi connectivity index (χ1n) is 5.20. The number of hydrogen-bond acceptors (Lipinski definition) is 5. The molecule has 0 amide bonds. The highest BCUT2D eigenvalue weighted by molar-refractivity contribution is 7.05. The van der Waals surface area contributed by atoms with Crippen molar-refractivity contribution in [3.63, 3.8) is 0 Å². The second kappa shape index (κ2) is 4.67. The lowest BCUT2D eigenvalue weighted by Gasteiger charge is -2.10. The van der Waals surface area contributed by atoms with Gasteiger partial charge in [-0.25, -0.2) is 0 Å². The van der Waals surface area contributed by atoms with Crippen molar-refractivity contribution in [2.75, 3.05) is 0 Å². The van der Waals surface area contributed by atoms with Gasteiger partial charge in [-0.05, 0) is 36.0 Å². The molecule has 4 nitrogen and oxygen atoms in total. The molecule has 1 atom stereocenters. The second-order valence-electron chi connectivity index (χ2n) is 3.71. The Morgan fingerprint density at radius 3 is 2.94 bits per heavy atom. The summed E-state index contributed by atoms with van der Waals surface area (Å²) in [5.41, 5.74) is 9.31. The first-order chi connectivity index (χ1) is 7.72. The monoisotopic (exact) mass is 234 g/mol. The van der Waals surface area contributed by atoms with E-state index in [9.17, 15) is 0 Å². The molecule has 2 aromatic heterocycles. The summed E-state index contributed by atoms with van der Waals surface area (Å²) >= 11 is 1.37. The Balaban J connectivity index is 2.35. The molecular weight excluding hydrogens is 220 g/mol. The summed E-state index contributed by atoms with van der Waals surface area (Å²) in [6.07, 6.45) is 4.48. The van der Waals surface area contributed by atoms with Crippen molar-refractivity contribution in [3.8, 4) is 0 Å². The molecule has 0 spiro atoms. The molecule has 2 N–H and O–H groups in total. The molecule has 0 fully saturated rings. The minimum Gasteiger partial charge on any atom is -0.319 e. The van der Waals surface area contributed by atoms with Gasteiger partial charge in [0.05, 0.1) is 16.6 Å². The van der Waals surface area contributed by atoms with Gasteiger partial charge in [0.25, 0.3) is 0 Å². The molecule has 16 heavy (non-hydrogen) atoms. The number of nitrogens with two attached hydrogens (primary N) is 1. The van der Waals surface area contributed by atoms with Crippen LogP contribution in [0, 0.1) is 6.92 Å². The number of rotatable bonds is 3. The third-order valence-electron chi connectivity index (χ3n) is 2.46. The van der Waals surface area contributed by atoms with Crippen LogP contribution in [0.15, 0.2) is 18.5 Å². The van der Waals surface area contributed by atoms with Crippen molar-refractivity contribution >= 4 is 11.5 Å². The van der Waals surface area contributed by atoms with Gasteiger partial charge >= 0.3 is 0 Å². The van der Waals surface area contributed by atoms with Gasteiger partial charge in [0, 0.05) is 12.4 Å². The van der Waals surface area contributed by atoms with Crippen LogP contribution in [0.5, 0.6) is 0 Å². The molecule has 0 saturated carbocycles. The summed E-state index contributed by atoms with van der Waals surface area (Å²) in [4.78, 5) is 5.19. The lowest BCUT2D eigenvalue weighted by Crippen LogP contribution is -2.12. The van der Waals surface area contributed by atoms with E-state index in [1.807, 2.05) is 13.1 Å². The molecule has 0 aliphatic heterocycles. The van der Waals surface area contributed by atoms with Crippen molar-refractivity contribution in [1.29, 1.82) is 0 Å². The first kappa shape index (κ1) is 11.2. The third-order valence-corrected chi connectivity index (χ3v) is 3.31. The molecule has 2 rings (SSSR count). The first-order valence-corrected chi connectivity index (χ1v) is 5.98. The fraction of sp³-hybridized carbons (Fsp3) is 0.364. The van der Waals surface area contributed by atoms with Gasteiger partial charge < -0.3 is 5.73 Å². The standard InChI is InChI=1S/C11H14N4S/c1-3-9-11(16-15-14-9)10(12)8-4-7(2)5-13-6-8/h4-6,10H,3,12H2,1-2H3. The van der Waals surface area contributed by atoms with Gasteiger partial charge in [-0.15, -0.1) is 5.10 Å². The zero-order valence-electron chi connectivity index (χ0n) is 9.34. The highest BCUT2D eigenvalue weighted by Gasteiger charge is 2.16. The molecule has 5 heteroatoms. The highest BCUT2D eigenvalue weighted by Crippen LogP contribution is 2.24. The minimum absolute atomic E-state index is 0.164. The average molecular weight is 234 g/mol. The van der Waals surface area contributed by atoms with Crippen LogP contribution in [0.2, 0.25) is 0 Å². The van der Waals surface area contributed by atoms with Crippen LogP contribution in [0.1, 0.15) is 34.7 Å². The summed E-state index contributed by atoms with van der Waals surface area (Å²) in [5.74, 6) is 0. The van der Waals surface area contributed by atoms with E-state index in [2.05, 4.69) is 27.6 Å². The molecule has 0 bridgehead atoms. The molecule has 0 aliphatic carbocycles. The number of pyridine rings is 1. The van der Waals surface area contributed by atoms with Crippen molar-refractivity contribution in [3.05, 3.63) is 40.2 Å². The fourth-order valence-corrected chi connectivity index (χ4v) is 2.36. The van der Waals surface area contributed by atoms with Gasteiger partial charge in [0.1, 0.15) is 0 Å². The Kier molecular flexibility index (Phi) is 3.26. The predicted octanol–water partition coefficient (Wildman–Crippen LogP) is 1.85. The molecule has 0 aromatic carbocycles. The van der Waals surface area contributed by atoms with Gasteiger partial charge in [-0.3, -0.25) is 4.98 Å². The smallest absolute Gasteiger partial charge is 0.0804 e. The number of aryl methyl sites for hydroxylation is 2. The van der Waals surface area contributed by atoms with Gasteiger partial charge in [0.2, 0.25) is 0 Å². The van der Waals surface area contributed by atoms with Crippen LogP contribution in [-0.2, 0) is 6.42 Å². The Labute approximate surface area is 98.7 Å². The Morgan fingerprint density at radius 1 is 1.44 bits per heavy atom. The number of aromatic nitrogens is 3. The third kappa shape index (κ3) is 2.10. The summed E-state index contributed by atoms with van der Waals surface area (Å²) < 4.78 is 3.95. The van der Waals surface area contributed by atoms with Gasteiger partial charge in [0.15, 0.2) is 0 Å². The summed E-state index contributed by atoms with van der Waals surface area (Å²) in [6, 6.07) is 1.89. The average Bonchev–Trinajstić information content (AvgIpc) is 2.76. The molecule has 84 valence electrons. The second-order valence-corrected chi connectivity index (χ2v) is 4.50. The maximum Gasteiger partial charge on any atom is 0.0804 e. The maximum absolute atomic E-state index is 6.20. The van der Waals surface area contributed by atoms with Crippen molar-refractivity contribution in [2.24, 2.45) is 5.73 Å². The van der Waals surface area contributed by atoms with Crippen LogP contribution < -0.4 is 5.73 Å². The SMILES string of the molecule is CCc1nnsc1C(N)c1cncc(C)c1. The normalized spacial score (nSPS) is 12.7. The van der Waals surface area contributed by atoms with E-state index < -0.39 is 0 Å². The highest BCUT2D eigenvalue weighted by atomic mass is 32.1. The lowest BCUT2D eigenvalue weighted by molar-refractivity contribution is 0.845. The topological polar surface area (TPSA) is 64.7 Å². The van der Waals surface area contributed by atoms with Crippen LogP contribution >= 0.6 is 11.5 Å². The van der Waals surface area contributed by atoms with Crippen molar-refractivity contribution in [2.45, 2.75) is 26.3 Å². The van der Waals surface area contributed by atoms with E-state index in [1.165, 1.54) is 11.5 Å². The van der Waals surface area contributed by atoms with Gasteiger partial charge in [-0.1, -0.05) is 17.5 Å². The molecule has 1 unspecified atom stereocenters.